The summed E-state index contributed by atoms with van der Waals surface area (Å²) in [6.07, 6.45) is 2.94. The molecule has 0 saturated carbocycles. The molecular formula is C21H31FIN5O. The number of aryl methyl sites for hydroxylation is 2. The van der Waals surface area contributed by atoms with E-state index in [1.54, 1.807) is 12.1 Å². The lowest BCUT2D eigenvalue weighted by Crippen LogP contribution is -2.51. The van der Waals surface area contributed by atoms with E-state index in [4.69, 9.17) is 9.52 Å². The second-order valence-electron chi connectivity index (χ2n) is 7.22. The summed E-state index contributed by atoms with van der Waals surface area (Å²) in [4.78, 5) is 6.96. The summed E-state index contributed by atoms with van der Waals surface area (Å²) < 4.78 is 18.8. The van der Waals surface area contributed by atoms with E-state index < -0.39 is 0 Å². The maximum absolute atomic E-state index is 13.6. The second kappa shape index (κ2) is 11.4. The van der Waals surface area contributed by atoms with Crippen LogP contribution >= 0.6 is 24.0 Å². The van der Waals surface area contributed by atoms with E-state index in [0.29, 0.717) is 6.54 Å². The fourth-order valence-corrected chi connectivity index (χ4v) is 3.65. The van der Waals surface area contributed by atoms with Crippen molar-refractivity contribution in [2.24, 2.45) is 4.99 Å². The van der Waals surface area contributed by atoms with Gasteiger partial charge >= 0.3 is 0 Å². The third kappa shape index (κ3) is 6.58. The molecule has 6 nitrogen and oxygen atoms in total. The third-order valence-corrected chi connectivity index (χ3v) is 5.09. The van der Waals surface area contributed by atoms with E-state index >= 15 is 0 Å². The Labute approximate surface area is 189 Å². The molecule has 0 bridgehead atoms. The molecule has 2 aromatic rings. The smallest absolute Gasteiger partial charge is 0.191 e. The van der Waals surface area contributed by atoms with Gasteiger partial charge < -0.3 is 20.1 Å². The van der Waals surface area contributed by atoms with Crippen LogP contribution in [0.3, 0.4) is 0 Å². The van der Waals surface area contributed by atoms with Crippen LogP contribution < -0.4 is 15.5 Å². The first-order valence-corrected chi connectivity index (χ1v) is 10.0. The predicted octanol–water partition coefficient (Wildman–Crippen LogP) is 3.82. The Morgan fingerprint density at radius 3 is 2.90 bits per heavy atom. The zero-order chi connectivity index (χ0) is 19.9. The zero-order valence-electron chi connectivity index (χ0n) is 17.4. The van der Waals surface area contributed by atoms with Gasteiger partial charge in [0, 0.05) is 43.5 Å². The van der Waals surface area contributed by atoms with Gasteiger partial charge in [-0.25, -0.2) is 4.39 Å². The van der Waals surface area contributed by atoms with E-state index in [2.05, 4.69) is 27.6 Å². The lowest BCUT2D eigenvalue weighted by Gasteiger charge is -2.35. The highest BCUT2D eigenvalue weighted by atomic mass is 127. The molecule has 0 amide bonds. The van der Waals surface area contributed by atoms with Crippen LogP contribution in [0.2, 0.25) is 0 Å². The van der Waals surface area contributed by atoms with Crippen molar-refractivity contribution in [3.8, 4) is 0 Å². The monoisotopic (exact) mass is 515 g/mol. The average Bonchev–Trinajstić information content (AvgIpc) is 3.00. The molecule has 1 atom stereocenters. The highest BCUT2D eigenvalue weighted by Gasteiger charge is 2.21. The first-order chi connectivity index (χ1) is 13.6. The first-order valence-electron chi connectivity index (χ1n) is 10.0. The summed E-state index contributed by atoms with van der Waals surface area (Å²) in [6.45, 7) is 9.20. The lowest BCUT2D eigenvalue weighted by atomic mass is 10.0. The number of rotatable bonds is 6. The van der Waals surface area contributed by atoms with Gasteiger partial charge in [0.1, 0.15) is 11.6 Å². The number of aliphatic imine (C=N–C) groups is 1. The van der Waals surface area contributed by atoms with E-state index in [1.807, 2.05) is 19.9 Å². The van der Waals surface area contributed by atoms with Crippen molar-refractivity contribution in [2.45, 2.75) is 46.1 Å². The van der Waals surface area contributed by atoms with Crippen molar-refractivity contribution in [1.29, 1.82) is 0 Å². The molecule has 3 rings (SSSR count). The van der Waals surface area contributed by atoms with Crippen LogP contribution in [0.1, 0.15) is 36.8 Å². The van der Waals surface area contributed by atoms with Crippen molar-refractivity contribution in [3.63, 3.8) is 0 Å². The van der Waals surface area contributed by atoms with Crippen LogP contribution in [0.5, 0.6) is 0 Å². The van der Waals surface area contributed by atoms with Gasteiger partial charge in [0.15, 0.2) is 5.96 Å². The highest BCUT2D eigenvalue weighted by molar-refractivity contribution is 14.0. The summed E-state index contributed by atoms with van der Waals surface area (Å²) in [5, 5.41) is 10.9. The van der Waals surface area contributed by atoms with Gasteiger partial charge in [0.05, 0.1) is 5.69 Å². The molecule has 1 aliphatic rings. The predicted molar refractivity (Wildman–Crippen MR) is 126 cm³/mol. The maximum atomic E-state index is 13.6. The van der Waals surface area contributed by atoms with Crippen LogP contribution in [-0.2, 0) is 6.42 Å². The Morgan fingerprint density at radius 1 is 1.38 bits per heavy atom. The standard InChI is InChI=1S/C21H30FN5O.HI/c1-4-23-21(24-11-10-20-15(2)26-28-16(20)3)25-18-8-6-12-27(14-18)19-9-5-7-17(22)13-19;/h5,7,9,13,18H,4,6,8,10-12,14H2,1-3H3,(H2,23,24,25);1H. The Kier molecular flexibility index (Phi) is 9.19. The van der Waals surface area contributed by atoms with Gasteiger partial charge in [-0.2, -0.15) is 0 Å². The van der Waals surface area contributed by atoms with Gasteiger partial charge in [-0.1, -0.05) is 11.2 Å². The minimum atomic E-state index is -0.193. The topological polar surface area (TPSA) is 65.7 Å². The van der Waals surface area contributed by atoms with Crippen molar-refractivity contribution in [2.75, 3.05) is 31.1 Å². The number of benzene rings is 1. The molecule has 160 valence electrons. The Balaban J connectivity index is 0.00000300. The van der Waals surface area contributed by atoms with E-state index in [-0.39, 0.29) is 35.8 Å². The summed E-state index contributed by atoms with van der Waals surface area (Å²) in [6, 6.07) is 7.09. The van der Waals surface area contributed by atoms with Crippen LogP contribution in [0.15, 0.2) is 33.8 Å². The second-order valence-corrected chi connectivity index (χ2v) is 7.22. The quantitative estimate of drug-likeness (QED) is 0.348. The summed E-state index contributed by atoms with van der Waals surface area (Å²) in [5.74, 6) is 1.49. The number of hydrogen-bond donors (Lipinski definition) is 2. The number of guanidine groups is 1. The largest absolute Gasteiger partial charge is 0.369 e. The molecule has 0 radical (unpaired) electrons. The molecule has 1 aromatic heterocycles. The van der Waals surface area contributed by atoms with E-state index in [0.717, 1.165) is 67.6 Å². The Bertz CT molecular complexity index is 791. The van der Waals surface area contributed by atoms with E-state index in [1.165, 1.54) is 6.07 Å². The molecule has 29 heavy (non-hydrogen) atoms. The average molecular weight is 515 g/mol. The van der Waals surface area contributed by atoms with Crippen LogP contribution in [0.4, 0.5) is 10.1 Å². The lowest BCUT2D eigenvalue weighted by molar-refractivity contribution is 0.392. The SMILES string of the molecule is CCNC(=NCCc1c(C)noc1C)NC1CCCN(c2cccc(F)c2)C1.I. The first kappa shape index (κ1) is 23.4. The van der Waals surface area contributed by atoms with Crippen molar-refractivity contribution >= 4 is 35.6 Å². The molecule has 1 unspecified atom stereocenters. The minimum Gasteiger partial charge on any atom is -0.369 e. The molecule has 1 fully saturated rings. The summed E-state index contributed by atoms with van der Waals surface area (Å²) >= 11 is 0. The van der Waals surface area contributed by atoms with Crippen molar-refractivity contribution < 1.29 is 8.91 Å². The number of piperidine rings is 1. The molecule has 0 spiro atoms. The van der Waals surface area contributed by atoms with Gasteiger partial charge in [-0.3, -0.25) is 4.99 Å². The number of nitrogens with one attached hydrogen (secondary N) is 2. The number of halogens is 2. The Hall–Kier alpha value is -1.84. The maximum Gasteiger partial charge on any atom is 0.191 e. The van der Waals surface area contributed by atoms with Crippen LogP contribution in [0, 0.1) is 19.7 Å². The molecule has 2 heterocycles. The van der Waals surface area contributed by atoms with E-state index in [9.17, 15) is 4.39 Å². The summed E-state index contributed by atoms with van der Waals surface area (Å²) in [7, 11) is 0. The molecule has 2 N–H and O–H groups in total. The Morgan fingerprint density at radius 2 is 2.21 bits per heavy atom. The normalized spacial score (nSPS) is 17.0. The number of hydrogen-bond acceptors (Lipinski definition) is 4. The third-order valence-electron chi connectivity index (χ3n) is 5.09. The molecule has 1 aliphatic heterocycles. The van der Waals surface area contributed by atoms with Gasteiger partial charge in [-0.05, 0) is 58.2 Å². The highest BCUT2D eigenvalue weighted by Crippen LogP contribution is 2.20. The van der Waals surface area contributed by atoms with Crippen molar-refractivity contribution in [1.82, 2.24) is 15.8 Å². The fraction of sp³-hybridized carbons (Fsp3) is 0.524. The van der Waals surface area contributed by atoms with Gasteiger partial charge in [-0.15, -0.1) is 24.0 Å². The number of nitrogens with zero attached hydrogens (tertiary/aromatic N) is 3. The molecule has 0 aliphatic carbocycles. The number of aromatic nitrogens is 1. The fourth-order valence-electron chi connectivity index (χ4n) is 3.65. The van der Waals surface area contributed by atoms with Gasteiger partial charge in [0.25, 0.3) is 0 Å². The van der Waals surface area contributed by atoms with Crippen LogP contribution in [0.25, 0.3) is 0 Å². The molecule has 1 saturated heterocycles. The van der Waals surface area contributed by atoms with Gasteiger partial charge in [0.2, 0.25) is 0 Å². The molecular weight excluding hydrogens is 484 g/mol. The zero-order valence-corrected chi connectivity index (χ0v) is 19.7. The van der Waals surface area contributed by atoms with Crippen LogP contribution in [-0.4, -0.2) is 43.3 Å². The number of anilines is 1. The minimum absolute atomic E-state index is 0. The summed E-state index contributed by atoms with van der Waals surface area (Å²) in [5.41, 5.74) is 3.00. The molecule has 8 heteroatoms. The van der Waals surface area contributed by atoms with Crippen molar-refractivity contribution in [3.05, 3.63) is 47.1 Å². The molecule has 1 aromatic carbocycles.